The van der Waals surface area contributed by atoms with Crippen molar-refractivity contribution in [1.82, 2.24) is 9.78 Å². The van der Waals surface area contributed by atoms with Crippen LogP contribution in [-0.4, -0.2) is 28.0 Å². The van der Waals surface area contributed by atoms with Crippen molar-refractivity contribution in [2.75, 3.05) is 7.11 Å². The lowest BCUT2D eigenvalue weighted by molar-refractivity contribution is -0.136. The van der Waals surface area contributed by atoms with Gasteiger partial charge >= 0.3 is 5.97 Å². The van der Waals surface area contributed by atoms with Gasteiger partial charge in [0.1, 0.15) is 9.45 Å². The fourth-order valence-electron chi connectivity index (χ4n) is 2.49. The van der Waals surface area contributed by atoms with Crippen molar-refractivity contribution in [3.05, 3.63) is 57.3 Å². The molecule has 0 bridgehead atoms. The molecule has 5 nitrogen and oxygen atoms in total. The Kier molecular flexibility index (Phi) is 4.51. The van der Waals surface area contributed by atoms with E-state index in [0.29, 0.717) is 6.54 Å². The largest absolute Gasteiger partial charge is 0.497 e. The highest BCUT2D eigenvalue weighted by molar-refractivity contribution is 14.1. The number of benzene rings is 2. The van der Waals surface area contributed by atoms with Gasteiger partial charge in [-0.1, -0.05) is 18.2 Å². The van der Waals surface area contributed by atoms with E-state index in [2.05, 4.69) is 27.7 Å². The van der Waals surface area contributed by atoms with Gasteiger partial charge in [0, 0.05) is 5.39 Å². The van der Waals surface area contributed by atoms with E-state index in [0.717, 1.165) is 31.5 Å². The van der Waals surface area contributed by atoms with Crippen molar-refractivity contribution < 1.29 is 14.6 Å². The number of carboxylic acid groups (broad SMARTS) is 1. The molecule has 1 aromatic heterocycles. The summed E-state index contributed by atoms with van der Waals surface area (Å²) in [6, 6.07) is 13.5. The first kappa shape index (κ1) is 15.8. The number of aliphatic carboxylic acids is 1. The molecule has 6 heteroatoms. The molecular formula is C17H15IN2O3. The van der Waals surface area contributed by atoms with Gasteiger partial charge in [-0.3, -0.25) is 9.48 Å². The molecule has 0 atom stereocenters. The van der Waals surface area contributed by atoms with Gasteiger partial charge in [-0.05, 0) is 58.0 Å². The number of hydrogen-bond donors (Lipinski definition) is 1. The molecule has 0 unspecified atom stereocenters. The lowest BCUT2D eigenvalue weighted by atomic mass is 10.1. The maximum Gasteiger partial charge on any atom is 0.307 e. The Morgan fingerprint density at radius 2 is 1.91 bits per heavy atom. The van der Waals surface area contributed by atoms with Crippen LogP contribution in [0.1, 0.15) is 11.1 Å². The van der Waals surface area contributed by atoms with Crippen LogP contribution in [0.5, 0.6) is 5.75 Å². The second kappa shape index (κ2) is 6.57. The summed E-state index contributed by atoms with van der Waals surface area (Å²) in [6.45, 7) is 0.625. The van der Waals surface area contributed by atoms with Crippen molar-refractivity contribution in [2.45, 2.75) is 13.0 Å². The van der Waals surface area contributed by atoms with Gasteiger partial charge in [-0.2, -0.15) is 5.10 Å². The lowest BCUT2D eigenvalue weighted by Gasteiger charge is -2.06. The third-order valence-corrected chi connectivity index (χ3v) is 4.41. The van der Waals surface area contributed by atoms with Gasteiger partial charge in [0.15, 0.2) is 0 Å². The third-order valence-electron chi connectivity index (χ3n) is 3.62. The molecule has 0 aliphatic rings. The number of fused-ring (bicyclic) bond motifs is 1. The molecule has 1 heterocycles. The highest BCUT2D eigenvalue weighted by Crippen LogP contribution is 2.23. The van der Waals surface area contributed by atoms with Crippen molar-refractivity contribution in [2.24, 2.45) is 0 Å². The minimum Gasteiger partial charge on any atom is -0.497 e. The van der Waals surface area contributed by atoms with Gasteiger partial charge < -0.3 is 9.84 Å². The second-order valence-corrected chi connectivity index (χ2v) is 6.24. The van der Waals surface area contributed by atoms with E-state index in [1.54, 1.807) is 7.11 Å². The smallest absolute Gasteiger partial charge is 0.307 e. The minimum atomic E-state index is -0.833. The Morgan fingerprint density at radius 3 is 2.57 bits per heavy atom. The number of aromatic nitrogens is 2. The Morgan fingerprint density at radius 1 is 1.22 bits per heavy atom. The standard InChI is InChI=1S/C17H15IN2O3/c1-23-13-5-2-11(3-6-13)10-20-15-8-12(9-16(21)22)4-7-14(15)17(18)19-20/h2-8H,9-10H2,1H3,(H,21,22). The molecule has 0 spiro atoms. The van der Waals surface area contributed by atoms with E-state index < -0.39 is 5.97 Å². The minimum absolute atomic E-state index is 0.0141. The summed E-state index contributed by atoms with van der Waals surface area (Å²) in [5, 5.41) is 14.6. The van der Waals surface area contributed by atoms with Crippen LogP contribution in [0.25, 0.3) is 10.9 Å². The average molecular weight is 422 g/mol. The van der Waals surface area contributed by atoms with Gasteiger partial charge in [0.05, 0.1) is 25.6 Å². The maximum absolute atomic E-state index is 10.9. The van der Waals surface area contributed by atoms with E-state index in [9.17, 15) is 4.79 Å². The Bertz CT molecular complexity index is 856. The van der Waals surface area contributed by atoms with Crippen LogP contribution in [-0.2, 0) is 17.8 Å². The zero-order chi connectivity index (χ0) is 16.4. The molecule has 0 saturated carbocycles. The Balaban J connectivity index is 1.96. The van der Waals surface area contributed by atoms with Gasteiger partial charge in [-0.25, -0.2) is 0 Å². The highest BCUT2D eigenvalue weighted by Gasteiger charge is 2.11. The number of methoxy groups -OCH3 is 1. The van der Waals surface area contributed by atoms with Crippen LogP contribution in [0.2, 0.25) is 0 Å². The van der Waals surface area contributed by atoms with Crippen molar-refractivity contribution >= 4 is 39.5 Å². The van der Waals surface area contributed by atoms with E-state index in [1.807, 2.05) is 47.1 Å². The molecule has 0 amide bonds. The number of hydrogen-bond acceptors (Lipinski definition) is 3. The Hall–Kier alpha value is -2.09. The van der Waals surface area contributed by atoms with Gasteiger partial charge in [0.25, 0.3) is 0 Å². The van der Waals surface area contributed by atoms with Gasteiger partial charge in [-0.15, -0.1) is 0 Å². The summed E-state index contributed by atoms with van der Waals surface area (Å²) in [5.41, 5.74) is 2.83. The normalized spacial score (nSPS) is 10.9. The summed E-state index contributed by atoms with van der Waals surface area (Å²) in [5.74, 6) is -0.0161. The predicted octanol–water partition coefficient (Wildman–Crippen LogP) is 3.32. The molecule has 0 radical (unpaired) electrons. The lowest BCUT2D eigenvalue weighted by Crippen LogP contribution is -2.03. The van der Waals surface area contributed by atoms with Crippen LogP contribution in [0, 0.1) is 3.70 Å². The first-order valence-corrected chi connectivity index (χ1v) is 8.14. The third kappa shape index (κ3) is 3.47. The van der Waals surface area contributed by atoms with E-state index in [-0.39, 0.29) is 6.42 Å². The molecule has 23 heavy (non-hydrogen) atoms. The van der Waals surface area contributed by atoms with Crippen molar-refractivity contribution in [1.29, 1.82) is 0 Å². The quantitative estimate of drug-likeness (QED) is 0.641. The SMILES string of the molecule is COc1ccc(Cn2nc(I)c3ccc(CC(=O)O)cc32)cc1. The summed E-state index contributed by atoms with van der Waals surface area (Å²) < 4.78 is 7.98. The van der Waals surface area contributed by atoms with Crippen molar-refractivity contribution in [3.8, 4) is 5.75 Å². The predicted molar refractivity (Wildman–Crippen MR) is 95.9 cm³/mol. The summed E-state index contributed by atoms with van der Waals surface area (Å²) in [6.07, 6.45) is 0.0141. The molecule has 0 aliphatic carbocycles. The molecule has 1 N–H and O–H groups in total. The van der Waals surface area contributed by atoms with Crippen molar-refractivity contribution in [3.63, 3.8) is 0 Å². The molecule has 118 valence electrons. The Labute approximate surface area is 147 Å². The number of ether oxygens (including phenoxy) is 1. The van der Waals surface area contributed by atoms with Crippen LogP contribution in [0.3, 0.4) is 0 Å². The fraction of sp³-hybridized carbons (Fsp3) is 0.176. The number of rotatable bonds is 5. The number of halogens is 1. The van der Waals surface area contributed by atoms with Crippen LogP contribution in [0.15, 0.2) is 42.5 Å². The van der Waals surface area contributed by atoms with Crippen LogP contribution in [0.4, 0.5) is 0 Å². The molecular weight excluding hydrogens is 407 g/mol. The van der Waals surface area contributed by atoms with E-state index in [4.69, 9.17) is 9.84 Å². The van der Waals surface area contributed by atoms with E-state index >= 15 is 0 Å². The van der Waals surface area contributed by atoms with Gasteiger partial charge in [0.2, 0.25) is 0 Å². The summed E-state index contributed by atoms with van der Waals surface area (Å²) in [4.78, 5) is 10.9. The maximum atomic E-state index is 10.9. The molecule has 0 saturated heterocycles. The summed E-state index contributed by atoms with van der Waals surface area (Å²) >= 11 is 2.20. The fourth-order valence-corrected chi connectivity index (χ4v) is 3.20. The molecule has 0 fully saturated rings. The second-order valence-electron chi connectivity index (χ2n) is 5.22. The number of nitrogens with zero attached hydrogens (tertiary/aromatic N) is 2. The van der Waals surface area contributed by atoms with E-state index in [1.165, 1.54) is 0 Å². The average Bonchev–Trinajstić information content (AvgIpc) is 2.83. The molecule has 0 aliphatic heterocycles. The highest BCUT2D eigenvalue weighted by atomic mass is 127. The van der Waals surface area contributed by atoms with Crippen LogP contribution >= 0.6 is 22.6 Å². The first-order valence-electron chi connectivity index (χ1n) is 7.06. The molecule has 3 aromatic rings. The molecule has 3 rings (SSSR count). The monoisotopic (exact) mass is 422 g/mol. The zero-order valence-corrected chi connectivity index (χ0v) is 14.6. The number of carbonyl (C=O) groups is 1. The van der Waals surface area contributed by atoms with Crippen LogP contribution < -0.4 is 4.74 Å². The summed E-state index contributed by atoms with van der Waals surface area (Å²) in [7, 11) is 1.64. The molecule has 2 aromatic carbocycles. The number of carboxylic acids is 1. The first-order chi connectivity index (χ1) is 11.1. The zero-order valence-electron chi connectivity index (χ0n) is 12.5. The topological polar surface area (TPSA) is 64.4 Å².